The Morgan fingerprint density at radius 2 is 1.84 bits per heavy atom. The van der Waals surface area contributed by atoms with Gasteiger partial charge in [-0.15, -0.1) is 11.3 Å². The highest BCUT2D eigenvalue weighted by Crippen LogP contribution is 2.37. The van der Waals surface area contributed by atoms with E-state index in [1.54, 1.807) is 37.3 Å². The third kappa shape index (κ3) is 6.31. The van der Waals surface area contributed by atoms with E-state index in [0.717, 1.165) is 11.3 Å². The van der Waals surface area contributed by atoms with E-state index in [-0.39, 0.29) is 35.5 Å². The molecule has 11 nitrogen and oxygen atoms in total. The quantitative estimate of drug-likeness (QED) is 0.243. The molecule has 3 aromatic heterocycles. The van der Waals surface area contributed by atoms with E-state index in [2.05, 4.69) is 4.98 Å². The van der Waals surface area contributed by atoms with Crippen LogP contribution in [0.1, 0.15) is 56.8 Å². The maximum absolute atomic E-state index is 14.1. The Hall–Kier alpha value is -4.24. The van der Waals surface area contributed by atoms with Gasteiger partial charge in [-0.3, -0.25) is 9.36 Å². The molecule has 15 heteroatoms. The summed E-state index contributed by atoms with van der Waals surface area (Å²) in [5.74, 6) is -3.44. The van der Waals surface area contributed by atoms with Crippen molar-refractivity contribution in [3.63, 3.8) is 0 Å². The molecule has 3 heterocycles. The molecular formula is C30H30F3N3O8S. The maximum atomic E-state index is 14.1. The molecule has 4 aromatic rings. The van der Waals surface area contributed by atoms with E-state index >= 15 is 0 Å². The molecule has 0 saturated heterocycles. The minimum atomic E-state index is -5.12. The van der Waals surface area contributed by atoms with Crippen LogP contribution >= 0.6 is 11.3 Å². The van der Waals surface area contributed by atoms with Gasteiger partial charge in [0.05, 0.1) is 29.1 Å². The normalized spacial score (nSPS) is 18.2. The van der Waals surface area contributed by atoms with Gasteiger partial charge in [0.1, 0.15) is 28.8 Å². The number of carbonyl (C=O) groups is 2. The average Bonchev–Trinajstić information content (AvgIpc) is 3.63. The van der Waals surface area contributed by atoms with Crippen molar-refractivity contribution in [1.82, 2.24) is 14.1 Å². The standard InChI is InChI=1S/C30H30F3N3O8S/c1-16-21-24(37)36(29(2,3)26(38)39)28(41)35(25(21)45-22(16)23-34-12-13-42-23)15-20(17-8-5-4-6-9-17)43-18-10-7-11-19(14-18)44-27(40)30(31,32)33/h4-6,8-9,12-13,18-20H,7,10-11,14-15H2,1-3H3,(H,38,39)/t18?,19?,20-/m0/s1. The van der Waals surface area contributed by atoms with E-state index in [9.17, 15) is 37.5 Å². The van der Waals surface area contributed by atoms with Crippen molar-refractivity contribution in [2.45, 2.75) is 83.0 Å². The van der Waals surface area contributed by atoms with Crippen LogP contribution in [-0.2, 0) is 31.1 Å². The van der Waals surface area contributed by atoms with Crippen LogP contribution in [0.25, 0.3) is 21.0 Å². The number of esters is 1. The number of oxazole rings is 1. The Labute approximate surface area is 257 Å². The molecule has 0 amide bonds. The first-order valence-electron chi connectivity index (χ1n) is 14.1. The second-order valence-electron chi connectivity index (χ2n) is 11.3. The first-order valence-corrected chi connectivity index (χ1v) is 14.9. The molecule has 1 aliphatic carbocycles. The maximum Gasteiger partial charge on any atom is 0.490 e. The molecule has 0 radical (unpaired) electrons. The topological polar surface area (TPSA) is 143 Å². The van der Waals surface area contributed by atoms with E-state index < -0.39 is 53.2 Å². The SMILES string of the molecule is Cc1c(-c2ncco2)sc2c1c(=O)n(C(C)(C)C(=O)O)c(=O)n2C[C@H](OC1CCCC(OC(=O)C(F)(F)F)C1)c1ccccc1. The number of hydrogen-bond donors (Lipinski definition) is 1. The Kier molecular flexibility index (Phi) is 8.77. The van der Waals surface area contributed by atoms with Gasteiger partial charge in [0.2, 0.25) is 5.89 Å². The summed E-state index contributed by atoms with van der Waals surface area (Å²) in [7, 11) is 0. The van der Waals surface area contributed by atoms with Gasteiger partial charge in [-0.05, 0) is 51.2 Å². The Morgan fingerprint density at radius 3 is 2.47 bits per heavy atom. The highest BCUT2D eigenvalue weighted by Gasteiger charge is 2.43. The Morgan fingerprint density at radius 1 is 1.16 bits per heavy atom. The molecule has 1 N–H and O–H groups in total. The molecule has 5 rings (SSSR count). The third-order valence-corrected chi connectivity index (χ3v) is 9.18. The number of aryl methyl sites for hydroxylation is 1. The molecule has 45 heavy (non-hydrogen) atoms. The zero-order valence-corrected chi connectivity index (χ0v) is 25.3. The van der Waals surface area contributed by atoms with Crippen LogP contribution in [0.2, 0.25) is 0 Å². The summed E-state index contributed by atoms with van der Waals surface area (Å²) in [5.41, 5.74) is -2.52. The zero-order chi connectivity index (χ0) is 32.7. The predicted octanol–water partition coefficient (Wildman–Crippen LogP) is 5.18. The van der Waals surface area contributed by atoms with Gasteiger partial charge in [0, 0.05) is 6.42 Å². The summed E-state index contributed by atoms with van der Waals surface area (Å²) >= 11 is 1.08. The largest absolute Gasteiger partial charge is 0.490 e. The molecule has 1 fully saturated rings. The van der Waals surface area contributed by atoms with Crippen molar-refractivity contribution in [2.75, 3.05) is 0 Å². The molecule has 1 aliphatic rings. The summed E-state index contributed by atoms with van der Waals surface area (Å²) in [4.78, 5) is 56.6. The summed E-state index contributed by atoms with van der Waals surface area (Å²) in [5, 5.41) is 10.1. The number of aromatic nitrogens is 3. The first-order chi connectivity index (χ1) is 21.2. The third-order valence-electron chi connectivity index (χ3n) is 7.88. The summed E-state index contributed by atoms with van der Waals surface area (Å²) in [6, 6.07) is 8.80. The fraction of sp³-hybridized carbons (Fsp3) is 0.433. The van der Waals surface area contributed by atoms with Gasteiger partial charge in [-0.1, -0.05) is 30.3 Å². The average molecular weight is 650 g/mol. The number of alkyl halides is 3. The minimum Gasteiger partial charge on any atom is -0.480 e. The number of ether oxygens (including phenoxy) is 2. The lowest BCUT2D eigenvalue weighted by molar-refractivity contribution is -0.208. The highest BCUT2D eigenvalue weighted by atomic mass is 32.1. The van der Waals surface area contributed by atoms with E-state index in [1.807, 2.05) is 0 Å². The predicted molar refractivity (Wildman–Crippen MR) is 156 cm³/mol. The number of carbonyl (C=O) groups excluding carboxylic acids is 1. The summed E-state index contributed by atoms with van der Waals surface area (Å²) in [6.45, 7) is 3.98. The van der Waals surface area contributed by atoms with Crippen molar-refractivity contribution < 1.29 is 41.8 Å². The van der Waals surface area contributed by atoms with Crippen molar-refractivity contribution in [3.8, 4) is 10.8 Å². The molecule has 1 aromatic carbocycles. The van der Waals surface area contributed by atoms with E-state index in [4.69, 9.17) is 13.9 Å². The molecule has 0 spiro atoms. The Balaban J connectivity index is 1.61. The lowest BCUT2D eigenvalue weighted by Gasteiger charge is -2.32. The number of benzene rings is 1. The number of thiophene rings is 1. The van der Waals surface area contributed by atoms with Gasteiger partial charge in [0.25, 0.3) is 5.56 Å². The molecule has 240 valence electrons. The second kappa shape index (κ2) is 12.3. The molecule has 2 unspecified atom stereocenters. The van der Waals surface area contributed by atoms with Crippen molar-refractivity contribution in [3.05, 3.63) is 74.8 Å². The number of carboxylic acids is 1. The first kappa shape index (κ1) is 32.2. The monoisotopic (exact) mass is 649 g/mol. The molecule has 0 aliphatic heterocycles. The number of carboxylic acid groups (broad SMARTS) is 1. The van der Waals surface area contributed by atoms with Crippen LogP contribution < -0.4 is 11.2 Å². The lowest BCUT2D eigenvalue weighted by atomic mass is 9.94. The molecule has 1 saturated carbocycles. The fourth-order valence-electron chi connectivity index (χ4n) is 5.48. The number of fused-ring (bicyclic) bond motifs is 1. The molecular weight excluding hydrogens is 619 g/mol. The van der Waals surface area contributed by atoms with Crippen molar-refractivity contribution in [1.29, 1.82) is 0 Å². The van der Waals surface area contributed by atoms with Gasteiger partial charge in [-0.25, -0.2) is 23.9 Å². The van der Waals surface area contributed by atoms with Gasteiger partial charge in [-0.2, -0.15) is 13.2 Å². The van der Waals surface area contributed by atoms with Crippen LogP contribution in [0.3, 0.4) is 0 Å². The smallest absolute Gasteiger partial charge is 0.480 e. The fourth-order valence-corrected chi connectivity index (χ4v) is 6.72. The van der Waals surface area contributed by atoms with Crippen LogP contribution in [0.4, 0.5) is 13.2 Å². The zero-order valence-electron chi connectivity index (χ0n) is 24.5. The number of halogens is 3. The highest BCUT2D eigenvalue weighted by molar-refractivity contribution is 7.22. The van der Waals surface area contributed by atoms with E-state index in [1.165, 1.54) is 30.9 Å². The van der Waals surface area contributed by atoms with Crippen LogP contribution in [0.5, 0.6) is 0 Å². The minimum absolute atomic E-state index is 0.00737. The van der Waals surface area contributed by atoms with E-state index in [0.29, 0.717) is 33.4 Å². The number of nitrogens with zero attached hydrogens (tertiary/aromatic N) is 3. The molecule has 3 atom stereocenters. The Bertz CT molecular complexity index is 1830. The van der Waals surface area contributed by atoms with Crippen LogP contribution in [0.15, 0.2) is 56.8 Å². The number of hydrogen-bond acceptors (Lipinski definition) is 9. The van der Waals surface area contributed by atoms with Crippen molar-refractivity contribution >= 4 is 33.5 Å². The summed E-state index contributed by atoms with van der Waals surface area (Å²) < 4.78 is 57.1. The number of aliphatic carboxylic acids is 1. The van der Waals surface area contributed by atoms with Gasteiger partial charge >= 0.3 is 23.8 Å². The second-order valence-corrected chi connectivity index (χ2v) is 12.3. The van der Waals surface area contributed by atoms with Crippen LogP contribution in [0, 0.1) is 6.92 Å². The summed E-state index contributed by atoms with van der Waals surface area (Å²) in [6.07, 6.45) is -3.68. The van der Waals surface area contributed by atoms with Crippen LogP contribution in [-0.4, -0.2) is 49.5 Å². The van der Waals surface area contributed by atoms with Crippen molar-refractivity contribution in [2.24, 2.45) is 0 Å². The van der Waals surface area contributed by atoms with Gasteiger partial charge in [0.15, 0.2) is 0 Å². The molecule has 0 bridgehead atoms. The van der Waals surface area contributed by atoms with Gasteiger partial charge < -0.3 is 19.0 Å². The number of rotatable bonds is 9. The lowest BCUT2D eigenvalue weighted by Crippen LogP contribution is -2.52.